The van der Waals surface area contributed by atoms with Crippen molar-refractivity contribution in [2.45, 2.75) is 19.0 Å². The Bertz CT molecular complexity index is 138. The molecule has 1 unspecified atom stereocenters. The van der Waals surface area contributed by atoms with E-state index in [1.807, 2.05) is 0 Å². The van der Waals surface area contributed by atoms with Crippen LogP contribution in [0, 0.1) is 0 Å². The molecule has 4 heteroatoms. The van der Waals surface area contributed by atoms with Crippen molar-refractivity contribution in [3.05, 3.63) is 0 Å². The molecule has 4 nitrogen and oxygen atoms in total. The third-order valence-electron chi connectivity index (χ3n) is 1.83. The number of carbonyl (C=O) groups is 1. The molecule has 10 heavy (non-hydrogen) atoms. The van der Waals surface area contributed by atoms with Crippen LogP contribution in [0.5, 0.6) is 0 Å². The molecule has 1 heterocycles. The zero-order valence-electron chi connectivity index (χ0n) is 6.00. The molecular weight excluding hydrogens is 132 g/mol. The Hall–Kier alpha value is -0.770. The van der Waals surface area contributed by atoms with Crippen LogP contribution in [0.1, 0.15) is 12.8 Å². The van der Waals surface area contributed by atoms with E-state index in [2.05, 4.69) is 5.32 Å². The van der Waals surface area contributed by atoms with Crippen LogP contribution in [-0.4, -0.2) is 35.9 Å². The third kappa shape index (κ3) is 1.21. The fourth-order valence-corrected chi connectivity index (χ4v) is 1.30. The lowest BCUT2D eigenvalue weighted by molar-refractivity contribution is 0.134. The Morgan fingerprint density at radius 2 is 2.50 bits per heavy atom. The minimum absolute atomic E-state index is 0.0394. The minimum Gasteiger partial charge on any atom is -0.465 e. The summed E-state index contributed by atoms with van der Waals surface area (Å²) in [7, 11) is 1.78. The van der Waals surface area contributed by atoms with Gasteiger partial charge in [0.25, 0.3) is 0 Å². The highest BCUT2D eigenvalue weighted by molar-refractivity contribution is 5.65. The van der Waals surface area contributed by atoms with Crippen LogP contribution in [-0.2, 0) is 0 Å². The largest absolute Gasteiger partial charge is 0.465 e. The van der Waals surface area contributed by atoms with Gasteiger partial charge in [0.05, 0.1) is 6.17 Å². The monoisotopic (exact) mass is 144 g/mol. The number of nitrogens with zero attached hydrogens (tertiary/aromatic N) is 1. The zero-order chi connectivity index (χ0) is 7.56. The first-order chi connectivity index (χ1) is 4.75. The Morgan fingerprint density at radius 3 is 2.90 bits per heavy atom. The maximum absolute atomic E-state index is 10.5. The van der Waals surface area contributed by atoms with E-state index in [4.69, 9.17) is 5.11 Å². The van der Waals surface area contributed by atoms with Gasteiger partial charge in [-0.25, -0.2) is 4.79 Å². The van der Waals surface area contributed by atoms with E-state index < -0.39 is 6.09 Å². The molecule has 0 aromatic heterocycles. The van der Waals surface area contributed by atoms with E-state index in [1.54, 1.807) is 7.05 Å². The molecule has 0 bridgehead atoms. The van der Waals surface area contributed by atoms with Crippen molar-refractivity contribution in [2.24, 2.45) is 0 Å². The van der Waals surface area contributed by atoms with Crippen molar-refractivity contribution in [1.82, 2.24) is 10.2 Å². The topological polar surface area (TPSA) is 52.6 Å². The van der Waals surface area contributed by atoms with Crippen molar-refractivity contribution in [3.63, 3.8) is 0 Å². The fourth-order valence-electron chi connectivity index (χ4n) is 1.30. The predicted molar refractivity (Wildman–Crippen MR) is 36.8 cm³/mol. The SMILES string of the molecule is CNC1CCCN1C(=O)O. The summed E-state index contributed by atoms with van der Waals surface area (Å²) in [5.74, 6) is 0. The number of hydrogen-bond acceptors (Lipinski definition) is 2. The molecule has 0 aromatic carbocycles. The molecule has 0 saturated carbocycles. The summed E-state index contributed by atoms with van der Waals surface area (Å²) in [6.07, 6.45) is 1.12. The maximum Gasteiger partial charge on any atom is 0.408 e. The summed E-state index contributed by atoms with van der Waals surface area (Å²) in [6.45, 7) is 0.668. The number of amides is 1. The number of likely N-dealkylation sites (tertiary alicyclic amines) is 1. The second kappa shape index (κ2) is 2.88. The van der Waals surface area contributed by atoms with Crippen molar-refractivity contribution >= 4 is 6.09 Å². The van der Waals surface area contributed by atoms with E-state index >= 15 is 0 Å². The molecule has 1 atom stereocenters. The van der Waals surface area contributed by atoms with Crippen LogP contribution >= 0.6 is 0 Å². The molecule has 2 N–H and O–H groups in total. The van der Waals surface area contributed by atoms with Crippen LogP contribution in [0.4, 0.5) is 4.79 Å². The predicted octanol–water partition coefficient (Wildman–Crippen LogP) is 0.306. The maximum atomic E-state index is 10.5. The second-order valence-corrected chi connectivity index (χ2v) is 2.42. The second-order valence-electron chi connectivity index (χ2n) is 2.42. The van der Waals surface area contributed by atoms with Crippen LogP contribution in [0.15, 0.2) is 0 Å². The first-order valence-corrected chi connectivity index (χ1v) is 3.42. The molecule has 1 aliphatic heterocycles. The average molecular weight is 144 g/mol. The van der Waals surface area contributed by atoms with Crippen molar-refractivity contribution in [3.8, 4) is 0 Å². The van der Waals surface area contributed by atoms with Gasteiger partial charge >= 0.3 is 6.09 Å². The van der Waals surface area contributed by atoms with E-state index in [9.17, 15) is 4.79 Å². The molecule has 1 fully saturated rings. The molecule has 1 saturated heterocycles. The van der Waals surface area contributed by atoms with E-state index in [-0.39, 0.29) is 6.17 Å². The summed E-state index contributed by atoms with van der Waals surface area (Å²) in [5.41, 5.74) is 0. The summed E-state index contributed by atoms with van der Waals surface area (Å²) >= 11 is 0. The Kier molecular flexibility index (Phi) is 2.11. The molecule has 0 aliphatic carbocycles. The summed E-state index contributed by atoms with van der Waals surface area (Å²) in [5, 5.41) is 11.5. The highest BCUT2D eigenvalue weighted by Gasteiger charge is 2.26. The van der Waals surface area contributed by atoms with E-state index in [0.717, 1.165) is 12.8 Å². The van der Waals surface area contributed by atoms with Crippen LogP contribution in [0.25, 0.3) is 0 Å². The Labute approximate surface area is 59.8 Å². The first kappa shape index (κ1) is 7.34. The Morgan fingerprint density at radius 1 is 1.80 bits per heavy atom. The first-order valence-electron chi connectivity index (χ1n) is 3.42. The lowest BCUT2D eigenvalue weighted by atomic mass is 10.3. The molecule has 0 spiro atoms. The fraction of sp³-hybridized carbons (Fsp3) is 0.833. The van der Waals surface area contributed by atoms with Gasteiger partial charge in [-0.2, -0.15) is 0 Å². The molecule has 0 aromatic rings. The molecule has 0 radical (unpaired) electrons. The molecule has 1 amide bonds. The van der Waals surface area contributed by atoms with Gasteiger partial charge in [0.15, 0.2) is 0 Å². The van der Waals surface area contributed by atoms with Gasteiger partial charge in [-0.15, -0.1) is 0 Å². The standard InChI is InChI=1S/C6H12N2O2/c1-7-5-3-2-4-8(5)6(9)10/h5,7H,2-4H2,1H3,(H,9,10). The molecule has 1 rings (SSSR count). The number of rotatable bonds is 1. The number of hydrogen-bond donors (Lipinski definition) is 2. The summed E-state index contributed by atoms with van der Waals surface area (Å²) < 4.78 is 0. The quantitative estimate of drug-likeness (QED) is 0.556. The van der Waals surface area contributed by atoms with Crippen molar-refractivity contribution in [2.75, 3.05) is 13.6 Å². The minimum atomic E-state index is -0.822. The van der Waals surface area contributed by atoms with Gasteiger partial charge in [0.2, 0.25) is 0 Å². The third-order valence-corrected chi connectivity index (χ3v) is 1.83. The van der Waals surface area contributed by atoms with Gasteiger partial charge in [-0.1, -0.05) is 0 Å². The van der Waals surface area contributed by atoms with Gasteiger partial charge in [0, 0.05) is 6.54 Å². The normalized spacial score (nSPS) is 25.3. The van der Waals surface area contributed by atoms with E-state index in [0.29, 0.717) is 6.54 Å². The molecule has 58 valence electrons. The zero-order valence-corrected chi connectivity index (χ0v) is 6.00. The van der Waals surface area contributed by atoms with Crippen molar-refractivity contribution < 1.29 is 9.90 Å². The van der Waals surface area contributed by atoms with Crippen LogP contribution in [0.2, 0.25) is 0 Å². The van der Waals surface area contributed by atoms with Gasteiger partial charge in [-0.3, -0.25) is 4.90 Å². The molecule has 1 aliphatic rings. The lowest BCUT2D eigenvalue weighted by Gasteiger charge is -2.19. The lowest BCUT2D eigenvalue weighted by Crippen LogP contribution is -2.42. The smallest absolute Gasteiger partial charge is 0.408 e. The molecular formula is C6H12N2O2. The summed E-state index contributed by atoms with van der Waals surface area (Å²) in [6, 6.07) is 0. The van der Waals surface area contributed by atoms with Crippen LogP contribution in [0.3, 0.4) is 0 Å². The highest BCUT2D eigenvalue weighted by atomic mass is 16.4. The van der Waals surface area contributed by atoms with Gasteiger partial charge in [0.1, 0.15) is 0 Å². The van der Waals surface area contributed by atoms with Gasteiger partial charge < -0.3 is 10.4 Å². The van der Waals surface area contributed by atoms with Crippen LogP contribution < -0.4 is 5.32 Å². The number of carboxylic acid groups (broad SMARTS) is 1. The average Bonchev–Trinajstić information content (AvgIpc) is 2.33. The highest BCUT2D eigenvalue weighted by Crippen LogP contribution is 2.13. The van der Waals surface area contributed by atoms with Gasteiger partial charge in [-0.05, 0) is 19.9 Å². The summed E-state index contributed by atoms with van der Waals surface area (Å²) in [4.78, 5) is 11.9. The van der Waals surface area contributed by atoms with E-state index in [1.165, 1.54) is 4.90 Å². The van der Waals surface area contributed by atoms with Crippen molar-refractivity contribution in [1.29, 1.82) is 0 Å². The Balaban J connectivity index is 2.50. The number of nitrogens with one attached hydrogen (secondary N) is 1.